The van der Waals surface area contributed by atoms with E-state index in [1.807, 2.05) is 26.2 Å². The third kappa shape index (κ3) is 4.81. The predicted molar refractivity (Wildman–Crippen MR) is 113 cm³/mol. The monoisotopic (exact) mass is 424 g/mol. The van der Waals surface area contributed by atoms with Crippen LogP contribution < -0.4 is 5.32 Å². The van der Waals surface area contributed by atoms with Crippen molar-refractivity contribution in [3.63, 3.8) is 0 Å². The molecule has 0 spiro atoms. The lowest BCUT2D eigenvalue weighted by atomic mass is 9.98. The molecule has 1 saturated heterocycles. The molecule has 0 aliphatic carbocycles. The van der Waals surface area contributed by atoms with Crippen LogP contribution >= 0.6 is 0 Å². The summed E-state index contributed by atoms with van der Waals surface area (Å²) < 4.78 is 21.7. The highest BCUT2D eigenvalue weighted by Crippen LogP contribution is 2.24. The molecule has 2 N–H and O–H groups in total. The largest absolute Gasteiger partial charge is 0.389 e. The van der Waals surface area contributed by atoms with Gasteiger partial charge in [0, 0.05) is 38.0 Å². The number of aryl methyl sites for hydroxylation is 2. The summed E-state index contributed by atoms with van der Waals surface area (Å²) in [6.07, 6.45) is 5.29. The summed E-state index contributed by atoms with van der Waals surface area (Å²) in [5.74, 6) is -0.673. The van der Waals surface area contributed by atoms with Gasteiger partial charge in [-0.05, 0) is 47.7 Å². The van der Waals surface area contributed by atoms with Crippen LogP contribution in [0.15, 0.2) is 42.9 Å². The molecule has 3 aromatic rings. The number of aliphatic hydroxyl groups is 1. The van der Waals surface area contributed by atoms with Gasteiger partial charge in [0.25, 0.3) is 5.91 Å². The quantitative estimate of drug-likeness (QED) is 0.657. The van der Waals surface area contributed by atoms with Gasteiger partial charge in [-0.25, -0.2) is 4.39 Å². The average Bonchev–Trinajstić information content (AvgIpc) is 3.19. The number of nitrogens with zero attached hydrogens (tertiary/aromatic N) is 3. The van der Waals surface area contributed by atoms with Crippen LogP contribution in [0.5, 0.6) is 0 Å². The van der Waals surface area contributed by atoms with Crippen molar-refractivity contribution in [2.75, 3.05) is 13.2 Å². The Hall–Kier alpha value is -3.10. The second-order valence-electron chi connectivity index (χ2n) is 7.89. The molecule has 31 heavy (non-hydrogen) atoms. The van der Waals surface area contributed by atoms with Gasteiger partial charge in [0.2, 0.25) is 0 Å². The SMILES string of the molecule is Cc1cnc(C(=O)N[C@H]2CCOC[C@@H]2O)cc1Cc1ccc(-c2cnn(C)c2)cc1F. The smallest absolute Gasteiger partial charge is 0.270 e. The van der Waals surface area contributed by atoms with E-state index in [0.717, 1.165) is 22.3 Å². The molecule has 4 rings (SSSR count). The number of rotatable bonds is 5. The number of hydrogen-bond acceptors (Lipinski definition) is 5. The van der Waals surface area contributed by atoms with Gasteiger partial charge in [0.1, 0.15) is 11.5 Å². The third-order valence-electron chi connectivity index (χ3n) is 5.56. The van der Waals surface area contributed by atoms with Crippen molar-refractivity contribution in [1.29, 1.82) is 0 Å². The van der Waals surface area contributed by atoms with Crippen LogP contribution in [0.3, 0.4) is 0 Å². The van der Waals surface area contributed by atoms with Gasteiger partial charge in [-0.15, -0.1) is 0 Å². The standard InChI is InChI=1S/C23H25FN4O3/c1-14-10-25-21(23(30)27-20-5-6-31-13-22(20)29)9-17(14)7-16-4-3-15(8-19(16)24)18-11-26-28(2)12-18/h3-4,8-12,20,22,29H,5-7,13H2,1-2H3,(H,27,30)/t20-,22-/m0/s1. The topological polar surface area (TPSA) is 89.3 Å². The Balaban J connectivity index is 1.51. The lowest BCUT2D eigenvalue weighted by molar-refractivity contribution is -0.0261. The van der Waals surface area contributed by atoms with Crippen molar-refractivity contribution < 1.29 is 19.0 Å². The van der Waals surface area contributed by atoms with Crippen molar-refractivity contribution >= 4 is 5.91 Å². The number of hydrogen-bond donors (Lipinski definition) is 2. The zero-order valence-corrected chi connectivity index (χ0v) is 17.5. The number of ether oxygens (including phenoxy) is 1. The Kier molecular flexibility index (Phi) is 6.11. The highest BCUT2D eigenvalue weighted by atomic mass is 19.1. The summed E-state index contributed by atoms with van der Waals surface area (Å²) in [4.78, 5) is 16.9. The minimum absolute atomic E-state index is 0.200. The minimum atomic E-state index is -0.741. The Bertz CT molecular complexity index is 1100. The number of nitrogens with one attached hydrogen (secondary N) is 1. The highest BCUT2D eigenvalue weighted by molar-refractivity contribution is 5.92. The molecule has 3 heterocycles. The fourth-order valence-electron chi connectivity index (χ4n) is 3.66. The lowest BCUT2D eigenvalue weighted by Crippen LogP contribution is -2.48. The molecule has 8 heteroatoms. The molecular formula is C23H25FN4O3. The number of halogens is 1. The molecule has 1 amide bonds. The normalized spacial score (nSPS) is 18.7. The number of aliphatic hydroxyl groups excluding tert-OH is 1. The van der Waals surface area contributed by atoms with Crippen molar-refractivity contribution in [3.8, 4) is 11.1 Å². The zero-order chi connectivity index (χ0) is 22.0. The van der Waals surface area contributed by atoms with Gasteiger partial charge >= 0.3 is 0 Å². The molecule has 1 fully saturated rings. The maximum Gasteiger partial charge on any atom is 0.270 e. The van der Waals surface area contributed by atoms with Gasteiger partial charge in [0.05, 0.1) is 24.9 Å². The summed E-state index contributed by atoms with van der Waals surface area (Å²) in [5, 5.41) is 16.9. The van der Waals surface area contributed by atoms with Crippen molar-refractivity contribution in [3.05, 3.63) is 71.1 Å². The molecule has 2 aromatic heterocycles. The Labute approximate surface area is 179 Å². The van der Waals surface area contributed by atoms with E-state index in [0.29, 0.717) is 25.0 Å². The van der Waals surface area contributed by atoms with Crippen LogP contribution in [0.25, 0.3) is 11.1 Å². The summed E-state index contributed by atoms with van der Waals surface area (Å²) in [6.45, 7) is 2.57. The van der Waals surface area contributed by atoms with Crippen LogP contribution in [-0.4, -0.2) is 51.1 Å². The van der Waals surface area contributed by atoms with Gasteiger partial charge in [-0.1, -0.05) is 12.1 Å². The Morgan fingerprint density at radius 3 is 2.84 bits per heavy atom. The van der Waals surface area contributed by atoms with Crippen LogP contribution in [0.2, 0.25) is 0 Å². The molecule has 1 aliphatic heterocycles. The Morgan fingerprint density at radius 1 is 1.29 bits per heavy atom. The summed E-state index contributed by atoms with van der Waals surface area (Å²) >= 11 is 0. The summed E-state index contributed by atoms with van der Waals surface area (Å²) in [5.41, 5.74) is 4.08. The molecule has 7 nitrogen and oxygen atoms in total. The molecule has 1 aromatic carbocycles. The van der Waals surface area contributed by atoms with Gasteiger partial charge in [0.15, 0.2) is 0 Å². The van der Waals surface area contributed by atoms with Crippen molar-refractivity contribution in [1.82, 2.24) is 20.1 Å². The van der Waals surface area contributed by atoms with E-state index < -0.39 is 6.10 Å². The molecule has 162 valence electrons. The van der Waals surface area contributed by atoms with E-state index in [-0.39, 0.29) is 30.1 Å². The third-order valence-corrected chi connectivity index (χ3v) is 5.56. The fraction of sp³-hybridized carbons (Fsp3) is 0.348. The van der Waals surface area contributed by atoms with Gasteiger partial charge in [-0.3, -0.25) is 14.5 Å². The van der Waals surface area contributed by atoms with Crippen LogP contribution in [0.4, 0.5) is 4.39 Å². The van der Waals surface area contributed by atoms with Crippen molar-refractivity contribution in [2.24, 2.45) is 7.05 Å². The first-order chi connectivity index (χ1) is 14.9. The first-order valence-corrected chi connectivity index (χ1v) is 10.2. The maximum atomic E-state index is 14.8. The van der Waals surface area contributed by atoms with E-state index >= 15 is 0 Å². The first kappa shape index (κ1) is 21.1. The second-order valence-corrected chi connectivity index (χ2v) is 7.89. The number of benzene rings is 1. The van der Waals surface area contributed by atoms with Crippen LogP contribution in [0, 0.1) is 12.7 Å². The predicted octanol–water partition coefficient (Wildman–Crippen LogP) is 2.40. The van der Waals surface area contributed by atoms with E-state index in [2.05, 4.69) is 15.4 Å². The molecule has 0 unspecified atom stereocenters. The minimum Gasteiger partial charge on any atom is -0.389 e. The Morgan fingerprint density at radius 2 is 2.13 bits per heavy atom. The number of carbonyl (C=O) groups excluding carboxylic acids is 1. The molecule has 0 saturated carbocycles. The van der Waals surface area contributed by atoms with Gasteiger partial charge in [-0.2, -0.15) is 5.10 Å². The van der Waals surface area contributed by atoms with Crippen LogP contribution in [0.1, 0.15) is 33.6 Å². The van der Waals surface area contributed by atoms with Gasteiger partial charge < -0.3 is 15.2 Å². The van der Waals surface area contributed by atoms with E-state index in [4.69, 9.17) is 4.74 Å². The number of pyridine rings is 1. The van der Waals surface area contributed by atoms with E-state index in [9.17, 15) is 14.3 Å². The van der Waals surface area contributed by atoms with Crippen LogP contribution in [-0.2, 0) is 18.2 Å². The first-order valence-electron chi connectivity index (χ1n) is 10.2. The number of amides is 1. The zero-order valence-electron chi connectivity index (χ0n) is 17.5. The highest BCUT2D eigenvalue weighted by Gasteiger charge is 2.26. The average molecular weight is 424 g/mol. The lowest BCUT2D eigenvalue weighted by Gasteiger charge is -2.28. The fourth-order valence-corrected chi connectivity index (χ4v) is 3.66. The molecule has 0 bridgehead atoms. The van der Waals surface area contributed by atoms with E-state index in [1.165, 1.54) is 6.07 Å². The number of aromatic nitrogens is 3. The van der Waals surface area contributed by atoms with Crippen molar-refractivity contribution in [2.45, 2.75) is 31.9 Å². The number of carbonyl (C=O) groups is 1. The molecule has 0 radical (unpaired) electrons. The molecule has 2 atom stereocenters. The second kappa shape index (κ2) is 8.95. The summed E-state index contributed by atoms with van der Waals surface area (Å²) in [6, 6.07) is 6.44. The molecular weight excluding hydrogens is 399 g/mol. The molecule has 1 aliphatic rings. The summed E-state index contributed by atoms with van der Waals surface area (Å²) in [7, 11) is 1.82. The van der Waals surface area contributed by atoms with E-state index in [1.54, 1.807) is 29.2 Å². The maximum absolute atomic E-state index is 14.8.